The summed E-state index contributed by atoms with van der Waals surface area (Å²) in [5.41, 5.74) is 0. The van der Waals surface area contributed by atoms with Crippen LogP contribution in [0, 0.1) is 11.8 Å². The predicted molar refractivity (Wildman–Crippen MR) is 94.9 cm³/mol. The number of nitrogens with zero attached hydrogens (tertiary/aromatic N) is 2. The van der Waals surface area contributed by atoms with Gasteiger partial charge in [0.1, 0.15) is 6.73 Å². The van der Waals surface area contributed by atoms with Crippen LogP contribution in [0.15, 0.2) is 18.7 Å². The lowest BCUT2D eigenvalue weighted by Crippen LogP contribution is -2.06. The highest BCUT2D eigenvalue weighted by molar-refractivity contribution is 4.72. The van der Waals surface area contributed by atoms with Crippen LogP contribution in [0.2, 0.25) is 0 Å². The molecule has 0 unspecified atom stereocenters. The standard InChI is InChI=1S/C7H12N2O.C6H14O.C5H12/c1-7(2)10-6-9-4-3-8-5-9;1-4-7-5-6(2)3;1-4-5(2)3/h3-5,7H,6H2,1-2H3;6H,4-5H2,1-3H3;5H,4H2,1-3H3. The lowest BCUT2D eigenvalue weighted by Gasteiger charge is -2.06. The minimum Gasteiger partial charge on any atom is -0.381 e. The van der Waals surface area contributed by atoms with Crippen molar-refractivity contribution in [2.24, 2.45) is 11.8 Å². The molecule has 0 radical (unpaired) electrons. The van der Waals surface area contributed by atoms with Gasteiger partial charge in [0.2, 0.25) is 0 Å². The first-order valence-electron chi connectivity index (χ1n) is 8.48. The molecule has 0 aliphatic carbocycles. The molecule has 0 aromatic carbocycles. The van der Waals surface area contributed by atoms with E-state index in [1.54, 1.807) is 12.5 Å². The van der Waals surface area contributed by atoms with E-state index in [0.717, 1.165) is 19.1 Å². The summed E-state index contributed by atoms with van der Waals surface area (Å²) in [5, 5.41) is 0. The minimum absolute atomic E-state index is 0.280. The molecule has 0 atom stereocenters. The summed E-state index contributed by atoms with van der Waals surface area (Å²) in [4.78, 5) is 3.88. The second-order valence-corrected chi connectivity index (χ2v) is 6.28. The molecule has 0 N–H and O–H groups in total. The number of rotatable bonds is 7. The number of hydrogen-bond donors (Lipinski definition) is 0. The van der Waals surface area contributed by atoms with Gasteiger partial charge in [-0.2, -0.15) is 0 Å². The molecule has 0 saturated heterocycles. The highest BCUT2D eigenvalue weighted by atomic mass is 16.5. The van der Waals surface area contributed by atoms with Crippen molar-refractivity contribution in [1.82, 2.24) is 9.55 Å². The minimum atomic E-state index is 0.280. The van der Waals surface area contributed by atoms with E-state index in [9.17, 15) is 0 Å². The van der Waals surface area contributed by atoms with Crippen LogP contribution in [-0.4, -0.2) is 28.9 Å². The molecule has 0 spiro atoms. The van der Waals surface area contributed by atoms with Crippen LogP contribution in [0.25, 0.3) is 0 Å². The Morgan fingerprint density at radius 3 is 1.86 bits per heavy atom. The van der Waals surface area contributed by atoms with Gasteiger partial charge in [-0.15, -0.1) is 0 Å². The first-order valence-corrected chi connectivity index (χ1v) is 8.48. The van der Waals surface area contributed by atoms with Crippen molar-refractivity contribution in [3.05, 3.63) is 18.7 Å². The summed E-state index contributed by atoms with van der Waals surface area (Å²) in [6, 6.07) is 0. The van der Waals surface area contributed by atoms with Crippen LogP contribution in [-0.2, 0) is 16.2 Å². The Balaban J connectivity index is 0. The maximum atomic E-state index is 5.31. The Labute approximate surface area is 138 Å². The van der Waals surface area contributed by atoms with Gasteiger partial charge in [0.15, 0.2) is 0 Å². The number of ether oxygens (including phenoxy) is 2. The Morgan fingerprint density at radius 2 is 1.59 bits per heavy atom. The van der Waals surface area contributed by atoms with E-state index >= 15 is 0 Å². The zero-order valence-corrected chi connectivity index (χ0v) is 16.0. The maximum Gasteiger partial charge on any atom is 0.124 e. The molecule has 4 nitrogen and oxygen atoms in total. The van der Waals surface area contributed by atoms with Crippen molar-refractivity contribution in [1.29, 1.82) is 0 Å². The van der Waals surface area contributed by atoms with Crippen molar-refractivity contribution in [2.45, 2.75) is 74.6 Å². The smallest absolute Gasteiger partial charge is 0.124 e. The Kier molecular flexibility index (Phi) is 17.5. The SMILES string of the molecule is CC(C)OCn1ccnc1.CCC(C)C.CCOCC(C)C. The largest absolute Gasteiger partial charge is 0.381 e. The quantitative estimate of drug-likeness (QED) is 0.711. The fraction of sp³-hybridized carbons (Fsp3) is 0.833. The van der Waals surface area contributed by atoms with Crippen molar-refractivity contribution < 1.29 is 9.47 Å². The average Bonchev–Trinajstić information content (AvgIpc) is 2.97. The highest BCUT2D eigenvalue weighted by Crippen LogP contribution is 1.94. The maximum absolute atomic E-state index is 5.31. The molecule has 1 aromatic rings. The van der Waals surface area contributed by atoms with Gasteiger partial charge in [-0.25, -0.2) is 4.98 Å². The molecule has 0 amide bonds. The van der Waals surface area contributed by atoms with Crippen LogP contribution in [0.3, 0.4) is 0 Å². The summed E-state index contributed by atoms with van der Waals surface area (Å²) >= 11 is 0. The van der Waals surface area contributed by atoms with Crippen molar-refractivity contribution in [2.75, 3.05) is 13.2 Å². The van der Waals surface area contributed by atoms with Crippen LogP contribution in [0.5, 0.6) is 0 Å². The molecule has 1 rings (SSSR count). The summed E-state index contributed by atoms with van der Waals surface area (Å²) in [6.45, 7) is 19.3. The lowest BCUT2D eigenvalue weighted by molar-refractivity contribution is 0.0286. The predicted octanol–water partition coefficient (Wildman–Crippen LogP) is 5.00. The third-order valence-corrected chi connectivity index (χ3v) is 2.59. The van der Waals surface area contributed by atoms with E-state index in [2.05, 4.69) is 39.6 Å². The first-order chi connectivity index (χ1) is 10.3. The van der Waals surface area contributed by atoms with Crippen LogP contribution < -0.4 is 0 Å². The van der Waals surface area contributed by atoms with Gasteiger partial charge in [0, 0.05) is 25.6 Å². The van der Waals surface area contributed by atoms with Gasteiger partial charge in [0.25, 0.3) is 0 Å². The zero-order valence-electron chi connectivity index (χ0n) is 16.0. The molecule has 4 heteroatoms. The summed E-state index contributed by atoms with van der Waals surface area (Å²) in [6.07, 6.45) is 6.94. The zero-order chi connectivity index (χ0) is 17.4. The van der Waals surface area contributed by atoms with Gasteiger partial charge in [-0.05, 0) is 32.6 Å². The summed E-state index contributed by atoms with van der Waals surface area (Å²) in [5.74, 6) is 1.56. The monoisotopic (exact) mass is 314 g/mol. The number of aromatic nitrogens is 2. The van der Waals surface area contributed by atoms with Crippen LogP contribution >= 0.6 is 0 Å². The van der Waals surface area contributed by atoms with Crippen LogP contribution in [0.1, 0.15) is 61.8 Å². The highest BCUT2D eigenvalue weighted by Gasteiger charge is 1.92. The molecular weight excluding hydrogens is 276 g/mol. The third kappa shape index (κ3) is 21.4. The molecule has 0 aliphatic heterocycles. The molecule has 0 saturated carbocycles. The van der Waals surface area contributed by atoms with E-state index in [-0.39, 0.29) is 6.10 Å². The first kappa shape index (κ1) is 23.4. The van der Waals surface area contributed by atoms with Crippen molar-refractivity contribution >= 4 is 0 Å². The van der Waals surface area contributed by atoms with E-state index in [1.165, 1.54) is 6.42 Å². The Hall–Kier alpha value is -0.870. The van der Waals surface area contributed by atoms with Gasteiger partial charge >= 0.3 is 0 Å². The molecule has 0 bridgehead atoms. The van der Waals surface area contributed by atoms with Gasteiger partial charge in [-0.1, -0.05) is 41.0 Å². The second-order valence-electron chi connectivity index (χ2n) is 6.28. The summed E-state index contributed by atoms with van der Waals surface area (Å²) < 4.78 is 12.3. The van der Waals surface area contributed by atoms with E-state index in [4.69, 9.17) is 9.47 Å². The molecule has 0 aliphatic rings. The molecule has 1 aromatic heterocycles. The Bertz CT molecular complexity index is 296. The molecule has 1 heterocycles. The number of hydrogen-bond acceptors (Lipinski definition) is 3. The van der Waals surface area contributed by atoms with E-state index < -0.39 is 0 Å². The fourth-order valence-electron chi connectivity index (χ4n) is 0.952. The van der Waals surface area contributed by atoms with Crippen molar-refractivity contribution in [3.8, 4) is 0 Å². The van der Waals surface area contributed by atoms with Gasteiger partial charge < -0.3 is 14.0 Å². The van der Waals surface area contributed by atoms with Crippen molar-refractivity contribution in [3.63, 3.8) is 0 Å². The molecule has 22 heavy (non-hydrogen) atoms. The van der Waals surface area contributed by atoms with E-state index in [0.29, 0.717) is 12.6 Å². The molecular formula is C18H38N2O2. The molecule has 0 fully saturated rings. The number of imidazole rings is 1. The lowest BCUT2D eigenvalue weighted by atomic mass is 10.2. The van der Waals surface area contributed by atoms with E-state index in [1.807, 2.05) is 31.5 Å². The topological polar surface area (TPSA) is 36.3 Å². The fourth-order valence-corrected chi connectivity index (χ4v) is 0.952. The average molecular weight is 315 g/mol. The second kappa shape index (κ2) is 16.5. The van der Waals surface area contributed by atoms with Gasteiger partial charge in [-0.3, -0.25) is 0 Å². The summed E-state index contributed by atoms with van der Waals surface area (Å²) in [7, 11) is 0. The Morgan fingerprint density at radius 1 is 1.00 bits per heavy atom. The van der Waals surface area contributed by atoms with Crippen LogP contribution in [0.4, 0.5) is 0 Å². The van der Waals surface area contributed by atoms with Gasteiger partial charge in [0.05, 0.1) is 12.4 Å². The molecule has 132 valence electrons. The normalized spacial score (nSPS) is 10.3. The third-order valence-electron chi connectivity index (χ3n) is 2.59.